The molecule has 1 aromatic heterocycles. The molecule has 6 heteroatoms. The Hall–Kier alpha value is -0.880. The second-order valence-corrected chi connectivity index (χ2v) is 4.79. The molecule has 1 aromatic rings. The number of nitrogens with zero attached hydrogens (tertiary/aromatic N) is 2. The summed E-state index contributed by atoms with van der Waals surface area (Å²) in [7, 11) is -2.35. The zero-order valence-electron chi connectivity index (χ0n) is 8.21. The highest BCUT2D eigenvalue weighted by Crippen LogP contribution is 2.24. The molecule has 0 radical (unpaired) electrons. The standard InChI is InChI=1S/C8H14N2O3S/c1-3-4-7(14(11,12)13)8-9-5-6-10(8)2/h5-7H,3-4H2,1-2H3,(H,11,12,13). The Bertz CT molecular complexity index is 396. The van der Waals surface area contributed by atoms with Gasteiger partial charge in [-0.05, 0) is 6.42 Å². The van der Waals surface area contributed by atoms with Gasteiger partial charge in [0.25, 0.3) is 10.1 Å². The molecule has 0 aliphatic heterocycles. The summed E-state index contributed by atoms with van der Waals surface area (Å²) < 4.78 is 32.8. The third-order valence-corrected chi connectivity index (χ3v) is 3.22. The summed E-state index contributed by atoms with van der Waals surface area (Å²) in [5.41, 5.74) is 0. The van der Waals surface area contributed by atoms with Crippen molar-refractivity contribution in [1.82, 2.24) is 9.55 Å². The van der Waals surface area contributed by atoms with Gasteiger partial charge in [0.15, 0.2) is 0 Å². The molecule has 1 N–H and O–H groups in total. The minimum Gasteiger partial charge on any atom is -0.337 e. The summed E-state index contributed by atoms with van der Waals surface area (Å²) in [5.74, 6) is 0.384. The van der Waals surface area contributed by atoms with Crippen LogP contribution in [0.5, 0.6) is 0 Å². The van der Waals surface area contributed by atoms with Gasteiger partial charge in [-0.3, -0.25) is 4.55 Å². The van der Waals surface area contributed by atoms with Gasteiger partial charge in [0.1, 0.15) is 11.1 Å². The molecular weight excluding hydrogens is 204 g/mol. The Labute approximate surface area is 83.5 Å². The Morgan fingerprint density at radius 3 is 2.64 bits per heavy atom. The van der Waals surface area contributed by atoms with E-state index in [1.165, 1.54) is 6.20 Å². The van der Waals surface area contributed by atoms with Crippen molar-refractivity contribution < 1.29 is 13.0 Å². The van der Waals surface area contributed by atoms with E-state index >= 15 is 0 Å². The summed E-state index contributed by atoms with van der Waals surface area (Å²) in [6.45, 7) is 1.86. The molecule has 0 aromatic carbocycles. The average molecular weight is 218 g/mol. The zero-order chi connectivity index (χ0) is 10.8. The van der Waals surface area contributed by atoms with Crippen LogP contribution < -0.4 is 0 Å². The smallest absolute Gasteiger partial charge is 0.275 e. The summed E-state index contributed by atoms with van der Waals surface area (Å²) in [6, 6.07) is 0. The first-order valence-electron chi connectivity index (χ1n) is 4.40. The van der Waals surface area contributed by atoms with Gasteiger partial charge in [0.05, 0.1) is 0 Å². The van der Waals surface area contributed by atoms with E-state index in [0.717, 1.165) is 0 Å². The predicted molar refractivity (Wildman–Crippen MR) is 52.4 cm³/mol. The molecule has 14 heavy (non-hydrogen) atoms. The lowest BCUT2D eigenvalue weighted by Crippen LogP contribution is -2.16. The van der Waals surface area contributed by atoms with Crippen LogP contribution in [0.25, 0.3) is 0 Å². The molecule has 80 valence electrons. The van der Waals surface area contributed by atoms with Crippen LogP contribution in [-0.2, 0) is 17.2 Å². The SMILES string of the molecule is CCCC(c1nccn1C)S(=O)(=O)O. The molecule has 0 spiro atoms. The Balaban J connectivity index is 3.07. The normalized spacial score (nSPS) is 14.2. The molecule has 0 amide bonds. The fourth-order valence-electron chi connectivity index (χ4n) is 1.36. The van der Waals surface area contributed by atoms with E-state index in [4.69, 9.17) is 4.55 Å². The highest BCUT2D eigenvalue weighted by Gasteiger charge is 2.27. The fraction of sp³-hybridized carbons (Fsp3) is 0.625. The summed E-state index contributed by atoms with van der Waals surface area (Å²) in [6.07, 6.45) is 4.23. The first kappa shape index (κ1) is 11.2. The van der Waals surface area contributed by atoms with Crippen LogP contribution in [0.2, 0.25) is 0 Å². The van der Waals surface area contributed by atoms with E-state index in [0.29, 0.717) is 18.7 Å². The topological polar surface area (TPSA) is 72.2 Å². The van der Waals surface area contributed by atoms with Crippen molar-refractivity contribution in [3.8, 4) is 0 Å². The Morgan fingerprint density at radius 2 is 2.29 bits per heavy atom. The van der Waals surface area contributed by atoms with E-state index in [1.807, 2.05) is 6.92 Å². The minimum absolute atomic E-state index is 0.379. The highest BCUT2D eigenvalue weighted by atomic mass is 32.2. The van der Waals surface area contributed by atoms with Crippen LogP contribution in [0.1, 0.15) is 30.8 Å². The van der Waals surface area contributed by atoms with E-state index in [2.05, 4.69) is 4.98 Å². The fourth-order valence-corrected chi connectivity index (χ4v) is 2.39. The number of aryl methyl sites for hydroxylation is 1. The number of hydrogen-bond donors (Lipinski definition) is 1. The molecule has 5 nitrogen and oxygen atoms in total. The van der Waals surface area contributed by atoms with Gasteiger partial charge in [-0.15, -0.1) is 0 Å². The lowest BCUT2D eigenvalue weighted by molar-refractivity contribution is 0.457. The molecule has 0 bridgehead atoms. The van der Waals surface area contributed by atoms with Crippen molar-refractivity contribution in [3.63, 3.8) is 0 Å². The van der Waals surface area contributed by atoms with Gasteiger partial charge in [-0.1, -0.05) is 13.3 Å². The second-order valence-electron chi connectivity index (χ2n) is 3.19. The monoisotopic (exact) mass is 218 g/mol. The van der Waals surface area contributed by atoms with Crippen molar-refractivity contribution in [2.75, 3.05) is 0 Å². The van der Waals surface area contributed by atoms with Crippen LogP contribution in [0.15, 0.2) is 12.4 Å². The Morgan fingerprint density at radius 1 is 1.64 bits per heavy atom. The first-order valence-corrected chi connectivity index (χ1v) is 5.90. The van der Waals surface area contributed by atoms with E-state index in [1.54, 1.807) is 17.8 Å². The first-order chi connectivity index (χ1) is 6.46. The molecule has 0 saturated carbocycles. The summed E-state index contributed by atoms with van der Waals surface area (Å²) >= 11 is 0. The van der Waals surface area contributed by atoms with Crippen molar-refractivity contribution >= 4 is 10.1 Å². The minimum atomic E-state index is -4.06. The third kappa shape index (κ3) is 2.33. The molecule has 0 saturated heterocycles. The summed E-state index contributed by atoms with van der Waals surface area (Å²) in [5, 5.41) is -0.910. The molecule has 1 unspecified atom stereocenters. The number of hydrogen-bond acceptors (Lipinski definition) is 3. The van der Waals surface area contributed by atoms with Gasteiger partial charge in [0, 0.05) is 19.4 Å². The van der Waals surface area contributed by atoms with Crippen molar-refractivity contribution in [2.24, 2.45) is 7.05 Å². The average Bonchev–Trinajstić information content (AvgIpc) is 2.45. The van der Waals surface area contributed by atoms with Gasteiger partial charge < -0.3 is 4.57 Å². The van der Waals surface area contributed by atoms with Crippen molar-refractivity contribution in [3.05, 3.63) is 18.2 Å². The third-order valence-electron chi connectivity index (χ3n) is 2.06. The maximum absolute atomic E-state index is 11.1. The summed E-state index contributed by atoms with van der Waals surface area (Å²) in [4.78, 5) is 3.92. The highest BCUT2D eigenvalue weighted by molar-refractivity contribution is 7.86. The largest absolute Gasteiger partial charge is 0.337 e. The van der Waals surface area contributed by atoms with Crippen LogP contribution >= 0.6 is 0 Å². The molecule has 0 aliphatic rings. The molecular formula is C8H14N2O3S. The predicted octanol–water partition coefficient (Wildman–Crippen LogP) is 1.15. The lowest BCUT2D eigenvalue weighted by Gasteiger charge is -2.12. The van der Waals surface area contributed by atoms with Crippen LogP contribution in [-0.4, -0.2) is 22.5 Å². The van der Waals surface area contributed by atoms with Crippen molar-refractivity contribution in [1.29, 1.82) is 0 Å². The Kier molecular flexibility index (Phi) is 3.28. The lowest BCUT2D eigenvalue weighted by atomic mass is 10.2. The van der Waals surface area contributed by atoms with Crippen LogP contribution in [0, 0.1) is 0 Å². The van der Waals surface area contributed by atoms with E-state index in [9.17, 15) is 8.42 Å². The van der Waals surface area contributed by atoms with Gasteiger partial charge in [-0.25, -0.2) is 4.98 Å². The molecule has 0 fully saturated rings. The second kappa shape index (κ2) is 4.10. The maximum atomic E-state index is 11.1. The number of aromatic nitrogens is 2. The van der Waals surface area contributed by atoms with E-state index in [-0.39, 0.29) is 0 Å². The number of imidazole rings is 1. The van der Waals surface area contributed by atoms with Crippen LogP contribution in [0.4, 0.5) is 0 Å². The molecule has 1 heterocycles. The van der Waals surface area contributed by atoms with Crippen molar-refractivity contribution in [2.45, 2.75) is 25.0 Å². The molecule has 1 atom stereocenters. The number of rotatable bonds is 4. The van der Waals surface area contributed by atoms with E-state index < -0.39 is 15.4 Å². The molecule has 1 rings (SSSR count). The van der Waals surface area contributed by atoms with Gasteiger partial charge in [0.2, 0.25) is 0 Å². The quantitative estimate of drug-likeness (QED) is 0.769. The van der Waals surface area contributed by atoms with Gasteiger partial charge in [-0.2, -0.15) is 8.42 Å². The van der Waals surface area contributed by atoms with Crippen LogP contribution in [0.3, 0.4) is 0 Å². The molecule has 0 aliphatic carbocycles. The zero-order valence-corrected chi connectivity index (χ0v) is 9.03. The maximum Gasteiger partial charge on any atom is 0.275 e. The van der Waals surface area contributed by atoms with Gasteiger partial charge >= 0.3 is 0 Å².